The molecule has 5 aromatic rings. The Labute approximate surface area is 183 Å². The molecule has 0 spiro atoms. The van der Waals surface area contributed by atoms with Crippen LogP contribution in [0.25, 0.3) is 44.2 Å². The molecule has 0 saturated heterocycles. The third-order valence-electron chi connectivity index (χ3n) is 6.80. The van der Waals surface area contributed by atoms with Gasteiger partial charge in [-0.15, -0.1) is 0 Å². The lowest BCUT2D eigenvalue weighted by Gasteiger charge is -2.22. The zero-order chi connectivity index (χ0) is 21.9. The topological polar surface area (TPSA) is 29.9 Å². The smallest absolute Gasteiger partial charge is 0.228 e. The molecule has 3 heterocycles. The van der Waals surface area contributed by atoms with Crippen LogP contribution >= 0.6 is 0 Å². The molecule has 0 unspecified atom stereocenters. The third kappa shape index (κ3) is 3.11. The van der Waals surface area contributed by atoms with Gasteiger partial charge in [-0.1, -0.05) is 49.6 Å². The summed E-state index contributed by atoms with van der Waals surface area (Å²) >= 11 is 0. The van der Waals surface area contributed by atoms with Crippen LogP contribution in [0.1, 0.15) is 50.5 Å². The Morgan fingerprint density at radius 1 is 1.00 bits per heavy atom. The van der Waals surface area contributed by atoms with Crippen molar-refractivity contribution in [2.45, 2.75) is 44.9 Å². The van der Waals surface area contributed by atoms with Crippen LogP contribution in [0.4, 0.5) is 0 Å². The molecule has 0 aliphatic heterocycles. The number of pyridine rings is 2. The molecule has 0 radical (unpaired) electrons. The quantitative estimate of drug-likeness (QED) is 0.295. The zero-order valence-electron chi connectivity index (χ0n) is 19.1. The fraction of sp³-hybridized carbons (Fsp3) is 0.286. The first-order valence-corrected chi connectivity index (χ1v) is 11.3. The zero-order valence-corrected chi connectivity index (χ0v) is 18.1. The van der Waals surface area contributed by atoms with E-state index in [1.54, 1.807) is 0 Å². The Kier molecular flexibility index (Phi) is 4.06. The number of nitrogens with zero attached hydrogens (tertiary/aromatic N) is 2. The highest BCUT2D eigenvalue weighted by Crippen LogP contribution is 2.36. The van der Waals surface area contributed by atoms with Gasteiger partial charge in [0.25, 0.3) is 0 Å². The number of benzene rings is 2. The van der Waals surface area contributed by atoms with Crippen molar-refractivity contribution in [2.24, 2.45) is 7.05 Å². The van der Waals surface area contributed by atoms with Crippen molar-refractivity contribution in [3.8, 4) is 11.3 Å². The van der Waals surface area contributed by atoms with Gasteiger partial charge in [-0.25, -0.2) is 4.98 Å². The molecular weight excluding hydrogens is 380 g/mol. The van der Waals surface area contributed by atoms with E-state index < -0.39 is 5.89 Å². The first kappa shape index (κ1) is 17.5. The van der Waals surface area contributed by atoms with E-state index in [1.165, 1.54) is 17.5 Å². The van der Waals surface area contributed by atoms with E-state index in [2.05, 4.69) is 79.3 Å². The molecule has 154 valence electrons. The summed E-state index contributed by atoms with van der Waals surface area (Å²) in [6, 6.07) is 19.2. The van der Waals surface area contributed by atoms with Crippen LogP contribution in [0.3, 0.4) is 0 Å². The van der Waals surface area contributed by atoms with Crippen LogP contribution < -0.4 is 4.57 Å². The Morgan fingerprint density at radius 3 is 2.68 bits per heavy atom. The maximum absolute atomic E-state index is 8.98. The number of fused-ring (bicyclic) bond motifs is 4. The largest absolute Gasteiger partial charge is 0.431 e. The molecule has 31 heavy (non-hydrogen) atoms. The summed E-state index contributed by atoms with van der Waals surface area (Å²) in [6.45, 7) is 2.14. The van der Waals surface area contributed by atoms with Gasteiger partial charge in [-0.2, -0.15) is 4.57 Å². The van der Waals surface area contributed by atoms with E-state index in [0.717, 1.165) is 64.2 Å². The molecule has 2 aromatic carbocycles. The van der Waals surface area contributed by atoms with Gasteiger partial charge in [-0.3, -0.25) is 0 Å². The third-order valence-corrected chi connectivity index (χ3v) is 6.80. The average molecular weight is 409 g/mol. The Hall–Kier alpha value is -3.20. The summed E-state index contributed by atoms with van der Waals surface area (Å²) in [6.07, 6.45) is 7.44. The van der Waals surface area contributed by atoms with Crippen molar-refractivity contribution in [1.29, 1.82) is 0 Å². The molecule has 1 aliphatic rings. The second-order valence-electron chi connectivity index (χ2n) is 8.88. The summed E-state index contributed by atoms with van der Waals surface area (Å²) in [5, 5.41) is 3.21. The highest BCUT2D eigenvalue weighted by Gasteiger charge is 2.20. The van der Waals surface area contributed by atoms with E-state index >= 15 is 0 Å². The molecule has 0 bridgehead atoms. The number of rotatable bonds is 2. The predicted molar refractivity (Wildman–Crippen MR) is 126 cm³/mol. The van der Waals surface area contributed by atoms with Crippen molar-refractivity contribution in [1.82, 2.24) is 4.98 Å². The number of aryl methyl sites for hydroxylation is 2. The summed E-state index contributed by atoms with van der Waals surface area (Å²) in [7, 11) is 2.06. The van der Waals surface area contributed by atoms with Crippen LogP contribution in [0, 0.1) is 6.92 Å². The molecule has 1 aliphatic carbocycles. The summed E-state index contributed by atoms with van der Waals surface area (Å²) in [5.41, 5.74) is 7.12. The van der Waals surface area contributed by atoms with Gasteiger partial charge in [0.2, 0.25) is 23.2 Å². The SMILES string of the molecule is [2H]C1(c2ccc3cc4c(nc3c2)oc2c[n+](C)c(-c3ccccc3C)cc24)CCCCC1. The molecule has 1 fully saturated rings. The van der Waals surface area contributed by atoms with E-state index in [4.69, 9.17) is 10.8 Å². The number of furan rings is 1. The Bertz CT molecular complexity index is 1490. The Balaban J connectivity index is 1.53. The van der Waals surface area contributed by atoms with Crippen LogP contribution in [0.5, 0.6) is 0 Å². The Morgan fingerprint density at radius 2 is 1.84 bits per heavy atom. The minimum atomic E-state index is -0.479. The molecule has 1 saturated carbocycles. The van der Waals surface area contributed by atoms with E-state index in [9.17, 15) is 0 Å². The molecule has 0 amide bonds. The van der Waals surface area contributed by atoms with Crippen molar-refractivity contribution in [3.05, 3.63) is 71.9 Å². The maximum Gasteiger partial charge on any atom is 0.228 e. The lowest BCUT2D eigenvalue weighted by atomic mass is 9.84. The van der Waals surface area contributed by atoms with Crippen LogP contribution in [-0.4, -0.2) is 4.98 Å². The highest BCUT2D eigenvalue weighted by atomic mass is 16.3. The molecule has 3 aromatic heterocycles. The molecular formula is C28H27N2O+. The van der Waals surface area contributed by atoms with Gasteiger partial charge in [0.05, 0.1) is 5.52 Å². The molecule has 0 atom stereocenters. The van der Waals surface area contributed by atoms with E-state index in [-0.39, 0.29) is 0 Å². The van der Waals surface area contributed by atoms with Gasteiger partial charge >= 0.3 is 0 Å². The monoisotopic (exact) mass is 408 g/mol. The molecule has 0 N–H and O–H groups in total. The fourth-order valence-electron chi connectivity index (χ4n) is 5.06. The van der Waals surface area contributed by atoms with Crippen molar-refractivity contribution in [3.63, 3.8) is 0 Å². The fourth-order valence-corrected chi connectivity index (χ4v) is 5.06. The van der Waals surface area contributed by atoms with E-state index in [1.807, 2.05) is 0 Å². The summed E-state index contributed by atoms with van der Waals surface area (Å²) in [4.78, 5) is 4.89. The second-order valence-corrected chi connectivity index (χ2v) is 8.88. The average Bonchev–Trinajstić information content (AvgIpc) is 3.13. The molecule has 3 heteroatoms. The summed E-state index contributed by atoms with van der Waals surface area (Å²) < 4.78 is 17.3. The first-order chi connectivity index (χ1) is 15.5. The van der Waals surface area contributed by atoms with Gasteiger partial charge in [-0.05, 0) is 55.0 Å². The standard InChI is InChI=1S/C28H27N2O/c1-18-8-6-7-11-22(18)26-16-23-24-14-21-13-12-20(19-9-4-3-5-10-19)15-25(21)29-28(24)31-27(23)17-30(26)2/h6-8,11-17,19H,3-5,9-10H2,1-2H3/q+1/i19D. The minimum Gasteiger partial charge on any atom is -0.431 e. The molecule has 6 rings (SSSR count). The van der Waals surface area contributed by atoms with Crippen molar-refractivity contribution in [2.75, 3.05) is 0 Å². The first-order valence-electron chi connectivity index (χ1n) is 11.8. The lowest BCUT2D eigenvalue weighted by molar-refractivity contribution is -0.659. The van der Waals surface area contributed by atoms with Gasteiger partial charge in [0.1, 0.15) is 7.05 Å². The normalized spacial score (nSPS) is 16.8. The van der Waals surface area contributed by atoms with Crippen molar-refractivity contribution >= 4 is 33.0 Å². The van der Waals surface area contributed by atoms with Gasteiger partial charge in [0, 0.05) is 29.2 Å². The van der Waals surface area contributed by atoms with Crippen LogP contribution in [0.2, 0.25) is 0 Å². The predicted octanol–water partition coefficient (Wildman–Crippen LogP) is 6.98. The number of hydrogen-bond acceptors (Lipinski definition) is 2. The summed E-state index contributed by atoms with van der Waals surface area (Å²) in [5.74, 6) is -0.479. The lowest BCUT2D eigenvalue weighted by Crippen LogP contribution is -2.30. The molecule has 3 nitrogen and oxygen atoms in total. The number of aromatic nitrogens is 2. The van der Waals surface area contributed by atoms with Gasteiger partial charge < -0.3 is 4.42 Å². The minimum absolute atomic E-state index is 0.479. The van der Waals surface area contributed by atoms with Crippen LogP contribution in [-0.2, 0) is 7.05 Å². The van der Waals surface area contributed by atoms with E-state index in [0.29, 0.717) is 5.71 Å². The highest BCUT2D eigenvalue weighted by molar-refractivity contribution is 6.07. The number of hydrogen-bond donors (Lipinski definition) is 0. The van der Waals surface area contributed by atoms with Crippen LogP contribution in [0.15, 0.2) is 65.2 Å². The van der Waals surface area contributed by atoms with Gasteiger partial charge in [0.15, 0.2) is 0 Å². The second kappa shape index (κ2) is 7.19. The maximum atomic E-state index is 8.98. The van der Waals surface area contributed by atoms with Crippen molar-refractivity contribution < 1.29 is 10.4 Å².